The SMILES string of the molecule is Cc1ccc(N2C(=O)[C@H]3N=NN(Cc4nc(-c5ccccc5Br)no4)[C@H]3C2=O)cc1F. The van der Waals surface area contributed by atoms with Crippen LogP contribution in [0.1, 0.15) is 11.5 Å². The van der Waals surface area contributed by atoms with E-state index in [2.05, 4.69) is 36.4 Å². The zero-order valence-electron chi connectivity index (χ0n) is 16.1. The smallest absolute Gasteiger partial charge is 0.263 e. The average molecular weight is 485 g/mol. The number of amides is 2. The summed E-state index contributed by atoms with van der Waals surface area (Å²) in [5.74, 6) is -0.997. The molecule has 2 aliphatic rings. The highest BCUT2D eigenvalue weighted by molar-refractivity contribution is 9.10. The summed E-state index contributed by atoms with van der Waals surface area (Å²) in [6, 6.07) is 9.67. The van der Waals surface area contributed by atoms with Gasteiger partial charge in [0.15, 0.2) is 12.1 Å². The average Bonchev–Trinajstić information content (AvgIpc) is 3.43. The Balaban J connectivity index is 1.38. The molecule has 1 saturated heterocycles. The van der Waals surface area contributed by atoms with E-state index >= 15 is 0 Å². The van der Waals surface area contributed by atoms with Gasteiger partial charge in [-0.25, -0.2) is 9.29 Å². The van der Waals surface area contributed by atoms with Crippen LogP contribution in [-0.4, -0.2) is 39.0 Å². The number of anilines is 1. The minimum atomic E-state index is -0.998. The van der Waals surface area contributed by atoms with Crippen molar-refractivity contribution in [3.05, 3.63) is 64.2 Å². The molecule has 156 valence electrons. The first-order valence-corrected chi connectivity index (χ1v) is 10.1. The number of hydrogen-bond acceptors (Lipinski definition) is 8. The van der Waals surface area contributed by atoms with E-state index in [1.807, 2.05) is 24.3 Å². The molecule has 11 heteroatoms. The van der Waals surface area contributed by atoms with E-state index in [1.165, 1.54) is 17.1 Å². The zero-order valence-corrected chi connectivity index (χ0v) is 17.7. The molecular weight excluding hydrogens is 471 g/mol. The molecular formula is C20H14BrFN6O3. The van der Waals surface area contributed by atoms with Crippen LogP contribution in [-0.2, 0) is 16.1 Å². The Morgan fingerprint density at radius 1 is 1.16 bits per heavy atom. The van der Waals surface area contributed by atoms with Crippen molar-refractivity contribution in [1.82, 2.24) is 15.1 Å². The third-order valence-corrected chi connectivity index (χ3v) is 5.84. The highest BCUT2D eigenvalue weighted by Gasteiger charge is 2.55. The van der Waals surface area contributed by atoms with Gasteiger partial charge in [0.05, 0.1) is 5.69 Å². The Kier molecular flexibility index (Phi) is 4.62. The molecule has 2 atom stereocenters. The van der Waals surface area contributed by atoms with E-state index in [-0.39, 0.29) is 18.1 Å². The first kappa shape index (κ1) is 19.5. The van der Waals surface area contributed by atoms with Gasteiger partial charge in [0.25, 0.3) is 11.8 Å². The van der Waals surface area contributed by atoms with Crippen molar-refractivity contribution in [2.24, 2.45) is 10.3 Å². The number of imide groups is 1. The van der Waals surface area contributed by atoms with Gasteiger partial charge < -0.3 is 4.52 Å². The molecule has 0 aliphatic carbocycles. The molecule has 1 fully saturated rings. The Bertz CT molecular complexity index is 1250. The van der Waals surface area contributed by atoms with Crippen LogP contribution in [0.5, 0.6) is 0 Å². The third-order valence-electron chi connectivity index (χ3n) is 5.15. The van der Waals surface area contributed by atoms with Gasteiger partial charge in [0.2, 0.25) is 11.7 Å². The van der Waals surface area contributed by atoms with E-state index in [9.17, 15) is 14.0 Å². The highest BCUT2D eigenvalue weighted by atomic mass is 79.9. The number of nitrogens with zero attached hydrogens (tertiary/aromatic N) is 6. The highest BCUT2D eigenvalue weighted by Crippen LogP contribution is 2.33. The lowest BCUT2D eigenvalue weighted by Crippen LogP contribution is -2.39. The molecule has 0 saturated carbocycles. The monoisotopic (exact) mass is 484 g/mol. The summed E-state index contributed by atoms with van der Waals surface area (Å²) in [5.41, 5.74) is 1.33. The summed E-state index contributed by atoms with van der Waals surface area (Å²) in [4.78, 5) is 31.1. The summed E-state index contributed by atoms with van der Waals surface area (Å²) < 4.78 is 20.1. The maximum atomic E-state index is 14.0. The number of hydrogen-bond donors (Lipinski definition) is 0. The summed E-state index contributed by atoms with van der Waals surface area (Å²) >= 11 is 3.44. The molecule has 0 bridgehead atoms. The van der Waals surface area contributed by atoms with E-state index in [1.54, 1.807) is 6.92 Å². The van der Waals surface area contributed by atoms with Crippen LogP contribution >= 0.6 is 15.9 Å². The van der Waals surface area contributed by atoms with Crippen LogP contribution in [0.15, 0.2) is 61.8 Å². The number of benzene rings is 2. The van der Waals surface area contributed by atoms with Gasteiger partial charge in [-0.2, -0.15) is 10.1 Å². The number of halogens is 2. The van der Waals surface area contributed by atoms with Crippen molar-refractivity contribution in [3.8, 4) is 11.4 Å². The zero-order chi connectivity index (χ0) is 21.7. The summed E-state index contributed by atoms with van der Waals surface area (Å²) in [6.07, 6.45) is 0. The summed E-state index contributed by atoms with van der Waals surface area (Å²) in [6.45, 7) is 1.60. The van der Waals surface area contributed by atoms with Crippen molar-refractivity contribution >= 4 is 33.4 Å². The van der Waals surface area contributed by atoms with Crippen LogP contribution in [0.4, 0.5) is 10.1 Å². The Hall–Kier alpha value is -3.47. The quantitative estimate of drug-likeness (QED) is 0.525. The van der Waals surface area contributed by atoms with Gasteiger partial charge in [0, 0.05) is 10.0 Å². The van der Waals surface area contributed by atoms with Crippen LogP contribution < -0.4 is 4.90 Å². The predicted molar refractivity (Wildman–Crippen MR) is 109 cm³/mol. The molecule has 5 rings (SSSR count). The number of carbonyl (C=O) groups is 2. The van der Waals surface area contributed by atoms with Crippen molar-refractivity contribution < 1.29 is 18.5 Å². The first-order valence-electron chi connectivity index (χ1n) is 9.33. The molecule has 1 aromatic heterocycles. The van der Waals surface area contributed by atoms with E-state index in [0.29, 0.717) is 11.4 Å². The van der Waals surface area contributed by atoms with Gasteiger partial charge in [-0.05, 0) is 36.8 Å². The fraction of sp³-hybridized carbons (Fsp3) is 0.200. The van der Waals surface area contributed by atoms with Crippen molar-refractivity contribution in [1.29, 1.82) is 0 Å². The Morgan fingerprint density at radius 2 is 1.97 bits per heavy atom. The van der Waals surface area contributed by atoms with Gasteiger partial charge in [-0.15, -0.1) is 0 Å². The molecule has 0 radical (unpaired) electrons. The minimum absolute atomic E-state index is 0.00274. The molecule has 3 heterocycles. The van der Waals surface area contributed by atoms with E-state index < -0.39 is 29.7 Å². The molecule has 2 aromatic carbocycles. The summed E-state index contributed by atoms with van der Waals surface area (Å²) in [5, 5.41) is 13.2. The molecule has 3 aromatic rings. The number of aromatic nitrogens is 2. The van der Waals surface area contributed by atoms with Gasteiger partial charge >= 0.3 is 0 Å². The summed E-state index contributed by atoms with van der Waals surface area (Å²) in [7, 11) is 0. The lowest BCUT2D eigenvalue weighted by atomic mass is 10.1. The molecule has 0 spiro atoms. The molecule has 2 amide bonds. The second kappa shape index (κ2) is 7.34. The van der Waals surface area contributed by atoms with Crippen LogP contribution in [0.25, 0.3) is 11.4 Å². The van der Waals surface area contributed by atoms with Gasteiger partial charge in [-0.3, -0.25) is 14.6 Å². The maximum Gasteiger partial charge on any atom is 0.263 e. The van der Waals surface area contributed by atoms with Crippen LogP contribution in [0.2, 0.25) is 0 Å². The normalized spacial score (nSPS) is 20.1. The third kappa shape index (κ3) is 3.21. The molecule has 9 nitrogen and oxygen atoms in total. The second-order valence-corrected chi connectivity index (χ2v) is 7.98. The predicted octanol–water partition coefficient (Wildman–Crippen LogP) is 3.44. The maximum absolute atomic E-state index is 14.0. The van der Waals surface area contributed by atoms with Crippen LogP contribution in [0.3, 0.4) is 0 Å². The largest absolute Gasteiger partial charge is 0.337 e. The Morgan fingerprint density at radius 3 is 2.74 bits per heavy atom. The molecule has 0 N–H and O–H groups in total. The fourth-order valence-corrected chi connectivity index (χ4v) is 4.00. The van der Waals surface area contributed by atoms with Crippen molar-refractivity contribution in [2.75, 3.05) is 4.90 Å². The van der Waals surface area contributed by atoms with Crippen LogP contribution in [0, 0.1) is 12.7 Å². The Labute approximate surface area is 183 Å². The number of rotatable bonds is 4. The van der Waals surface area contributed by atoms with Crippen molar-refractivity contribution in [3.63, 3.8) is 0 Å². The van der Waals surface area contributed by atoms with Crippen molar-refractivity contribution in [2.45, 2.75) is 25.6 Å². The first-order chi connectivity index (χ1) is 14.9. The topological polar surface area (TPSA) is 104 Å². The van der Waals surface area contributed by atoms with E-state index in [0.717, 1.165) is 21.0 Å². The second-order valence-electron chi connectivity index (χ2n) is 7.13. The lowest BCUT2D eigenvalue weighted by molar-refractivity contribution is -0.123. The number of fused-ring (bicyclic) bond motifs is 1. The lowest BCUT2D eigenvalue weighted by Gasteiger charge is -2.19. The standard InChI is InChI=1S/C20H14BrFN6O3/c1-10-6-7-11(8-14(10)22)28-19(29)16-17(20(28)30)27(26-24-16)9-15-23-18(25-31-15)12-4-2-3-5-13(12)21/h2-8,16-17H,9H2,1H3/t16-,17+/m0/s1. The molecule has 2 aliphatic heterocycles. The molecule has 0 unspecified atom stereocenters. The minimum Gasteiger partial charge on any atom is -0.337 e. The number of carbonyl (C=O) groups excluding carboxylic acids is 2. The van der Waals surface area contributed by atoms with E-state index in [4.69, 9.17) is 4.52 Å². The fourth-order valence-electron chi connectivity index (χ4n) is 3.54. The van der Waals surface area contributed by atoms with Gasteiger partial charge in [-0.1, -0.05) is 44.5 Å². The van der Waals surface area contributed by atoms with Gasteiger partial charge in [0.1, 0.15) is 12.4 Å². The number of aryl methyl sites for hydroxylation is 1. The molecule has 31 heavy (non-hydrogen) atoms.